The number of nitrogens with two attached hydrogens (primary N) is 1. The fourth-order valence-corrected chi connectivity index (χ4v) is 3.94. The monoisotopic (exact) mass is 313 g/mol. The largest absolute Gasteiger partial charge is 0.399 e. The zero-order valence-electron chi connectivity index (χ0n) is 9.42. The van der Waals surface area contributed by atoms with Crippen molar-refractivity contribution in [3.05, 3.63) is 40.2 Å². The number of thiophene rings is 1. The summed E-state index contributed by atoms with van der Waals surface area (Å²) < 4.78 is 26.9. The number of nitrogens with one attached hydrogen (secondary N) is 1. The van der Waals surface area contributed by atoms with Gasteiger partial charge in [-0.05, 0) is 30.3 Å². The molecular weight excluding hydrogens is 306 g/mol. The van der Waals surface area contributed by atoms with E-state index in [1.807, 2.05) is 6.07 Å². The number of rotatable bonds is 3. The van der Waals surface area contributed by atoms with Gasteiger partial charge >= 0.3 is 0 Å². The van der Waals surface area contributed by atoms with Crippen LogP contribution in [0, 0.1) is 11.3 Å². The highest BCUT2D eigenvalue weighted by Crippen LogP contribution is 2.28. The first kappa shape index (κ1) is 13.7. The number of sulfonamides is 1. The maximum Gasteiger partial charge on any atom is 0.271 e. The first-order valence-corrected chi connectivity index (χ1v) is 7.68. The van der Waals surface area contributed by atoms with Crippen LogP contribution >= 0.6 is 22.9 Å². The fraction of sp³-hybridized carbons (Fsp3) is 0. The minimum atomic E-state index is -3.75. The zero-order chi connectivity index (χ0) is 14.0. The molecule has 5 nitrogen and oxygen atoms in total. The van der Waals surface area contributed by atoms with E-state index in [0.717, 1.165) is 11.3 Å². The van der Waals surface area contributed by atoms with Crippen LogP contribution in [0.25, 0.3) is 0 Å². The molecule has 0 saturated heterocycles. The van der Waals surface area contributed by atoms with Gasteiger partial charge in [0.1, 0.15) is 10.3 Å². The number of anilines is 2. The van der Waals surface area contributed by atoms with E-state index in [4.69, 9.17) is 22.6 Å². The molecule has 0 fully saturated rings. The number of benzene rings is 1. The first-order valence-electron chi connectivity index (χ1n) is 5.00. The van der Waals surface area contributed by atoms with Gasteiger partial charge in [0.2, 0.25) is 0 Å². The Morgan fingerprint density at radius 3 is 2.63 bits per heavy atom. The first-order chi connectivity index (χ1) is 8.92. The Kier molecular flexibility index (Phi) is 3.66. The maximum atomic E-state index is 12.1. The summed E-state index contributed by atoms with van der Waals surface area (Å²) in [6, 6.07) is 9.14. The van der Waals surface area contributed by atoms with Crippen LogP contribution in [0.5, 0.6) is 0 Å². The summed E-state index contributed by atoms with van der Waals surface area (Å²) in [6.45, 7) is 0. The molecule has 0 atom stereocenters. The molecular formula is C11H8ClN3O2S2. The normalized spacial score (nSPS) is 10.9. The van der Waals surface area contributed by atoms with Crippen LogP contribution in [0.15, 0.2) is 34.5 Å². The molecule has 0 saturated carbocycles. The molecule has 8 heteroatoms. The highest BCUT2D eigenvalue weighted by Gasteiger charge is 2.18. The maximum absolute atomic E-state index is 12.1. The molecule has 2 rings (SSSR count). The highest BCUT2D eigenvalue weighted by atomic mass is 35.5. The standard InChI is InChI=1S/C11H8ClN3O2S2/c12-10-3-4-11(18-10)19(16,17)15-9-2-1-8(14)5-7(9)6-13/h1-5,15H,14H2. The summed E-state index contributed by atoms with van der Waals surface area (Å²) in [6.07, 6.45) is 0. The minimum absolute atomic E-state index is 0.0817. The van der Waals surface area contributed by atoms with E-state index in [2.05, 4.69) is 4.72 Å². The highest BCUT2D eigenvalue weighted by molar-refractivity contribution is 7.94. The molecule has 2 aromatic rings. The third-order valence-corrected chi connectivity index (χ3v) is 5.31. The molecule has 1 heterocycles. The third kappa shape index (κ3) is 2.98. The van der Waals surface area contributed by atoms with E-state index < -0.39 is 10.0 Å². The fourth-order valence-electron chi connectivity index (χ4n) is 1.38. The topological polar surface area (TPSA) is 96.0 Å². The van der Waals surface area contributed by atoms with Crippen LogP contribution < -0.4 is 10.5 Å². The number of halogens is 1. The molecule has 0 bridgehead atoms. The third-order valence-electron chi connectivity index (χ3n) is 2.22. The Morgan fingerprint density at radius 2 is 2.05 bits per heavy atom. The van der Waals surface area contributed by atoms with Gasteiger partial charge in [0.05, 0.1) is 15.6 Å². The molecule has 0 unspecified atom stereocenters. The van der Waals surface area contributed by atoms with Crippen molar-refractivity contribution in [3.63, 3.8) is 0 Å². The van der Waals surface area contributed by atoms with Crippen molar-refractivity contribution in [2.75, 3.05) is 10.5 Å². The van der Waals surface area contributed by atoms with Crippen LogP contribution in [0.2, 0.25) is 4.34 Å². The van der Waals surface area contributed by atoms with Crippen molar-refractivity contribution in [2.24, 2.45) is 0 Å². The van der Waals surface area contributed by atoms with E-state index in [1.54, 1.807) is 0 Å². The lowest BCUT2D eigenvalue weighted by atomic mass is 10.2. The van der Waals surface area contributed by atoms with E-state index in [-0.39, 0.29) is 15.5 Å². The van der Waals surface area contributed by atoms with Crippen LogP contribution in [0.4, 0.5) is 11.4 Å². The van der Waals surface area contributed by atoms with Gasteiger partial charge in [0.25, 0.3) is 10.0 Å². The molecule has 0 amide bonds. The Morgan fingerprint density at radius 1 is 1.32 bits per heavy atom. The average Bonchev–Trinajstić information content (AvgIpc) is 2.79. The molecule has 0 spiro atoms. The Bertz CT molecular complexity index is 762. The van der Waals surface area contributed by atoms with Gasteiger partial charge in [0.15, 0.2) is 0 Å². The molecule has 3 N–H and O–H groups in total. The lowest BCUT2D eigenvalue weighted by Crippen LogP contribution is -2.12. The predicted octanol–water partition coefficient (Wildman–Crippen LogP) is 2.66. The van der Waals surface area contributed by atoms with Crippen molar-refractivity contribution in [3.8, 4) is 6.07 Å². The quantitative estimate of drug-likeness (QED) is 0.851. The SMILES string of the molecule is N#Cc1cc(N)ccc1NS(=O)(=O)c1ccc(Cl)s1. The second-order valence-corrected chi connectivity index (χ2v) is 7.21. The van der Waals surface area contributed by atoms with Crippen molar-refractivity contribution >= 4 is 44.3 Å². The molecule has 0 radical (unpaired) electrons. The van der Waals surface area contributed by atoms with Gasteiger partial charge in [0, 0.05) is 5.69 Å². The molecule has 0 aliphatic heterocycles. The number of hydrogen-bond acceptors (Lipinski definition) is 5. The smallest absolute Gasteiger partial charge is 0.271 e. The lowest BCUT2D eigenvalue weighted by Gasteiger charge is -2.08. The van der Waals surface area contributed by atoms with Crippen molar-refractivity contribution in [2.45, 2.75) is 4.21 Å². The average molecular weight is 314 g/mol. The van der Waals surface area contributed by atoms with Crippen LogP contribution in [0.1, 0.15) is 5.56 Å². The summed E-state index contributed by atoms with van der Waals surface area (Å²) in [7, 11) is -3.75. The summed E-state index contributed by atoms with van der Waals surface area (Å²) in [4.78, 5) is 0. The zero-order valence-corrected chi connectivity index (χ0v) is 11.8. The van der Waals surface area contributed by atoms with E-state index in [0.29, 0.717) is 10.0 Å². The number of nitriles is 1. The molecule has 1 aromatic carbocycles. The van der Waals surface area contributed by atoms with Gasteiger partial charge in [-0.25, -0.2) is 8.42 Å². The molecule has 98 valence electrons. The summed E-state index contributed by atoms with van der Waals surface area (Å²) in [5.74, 6) is 0. The summed E-state index contributed by atoms with van der Waals surface area (Å²) in [5.41, 5.74) is 6.27. The Hall–Kier alpha value is -1.75. The van der Waals surface area contributed by atoms with Crippen molar-refractivity contribution in [1.82, 2.24) is 0 Å². The van der Waals surface area contributed by atoms with E-state index >= 15 is 0 Å². The van der Waals surface area contributed by atoms with Crippen molar-refractivity contribution < 1.29 is 8.42 Å². The molecule has 0 aliphatic carbocycles. The van der Waals surface area contributed by atoms with Crippen LogP contribution in [-0.4, -0.2) is 8.42 Å². The van der Waals surface area contributed by atoms with Gasteiger partial charge in [-0.2, -0.15) is 5.26 Å². The number of nitrogens with zero attached hydrogens (tertiary/aromatic N) is 1. The summed E-state index contributed by atoms with van der Waals surface area (Å²) in [5, 5.41) is 8.96. The Labute approximate surface area is 119 Å². The summed E-state index contributed by atoms with van der Waals surface area (Å²) >= 11 is 6.64. The molecule has 0 aliphatic rings. The minimum Gasteiger partial charge on any atom is -0.399 e. The van der Waals surface area contributed by atoms with Crippen LogP contribution in [-0.2, 0) is 10.0 Å². The van der Waals surface area contributed by atoms with Gasteiger partial charge in [-0.3, -0.25) is 4.72 Å². The molecule has 19 heavy (non-hydrogen) atoms. The Balaban J connectivity index is 2.39. The van der Waals surface area contributed by atoms with Gasteiger partial charge < -0.3 is 5.73 Å². The lowest BCUT2D eigenvalue weighted by molar-refractivity contribution is 0.603. The van der Waals surface area contributed by atoms with Gasteiger partial charge in [-0.1, -0.05) is 11.6 Å². The second kappa shape index (κ2) is 5.09. The van der Waals surface area contributed by atoms with E-state index in [9.17, 15) is 8.42 Å². The predicted molar refractivity (Wildman–Crippen MR) is 75.7 cm³/mol. The molecule has 1 aromatic heterocycles. The number of hydrogen-bond donors (Lipinski definition) is 2. The number of nitrogen functional groups attached to an aromatic ring is 1. The van der Waals surface area contributed by atoms with Crippen molar-refractivity contribution in [1.29, 1.82) is 5.26 Å². The van der Waals surface area contributed by atoms with E-state index in [1.165, 1.54) is 30.3 Å². The van der Waals surface area contributed by atoms with Crippen LogP contribution in [0.3, 0.4) is 0 Å². The van der Waals surface area contributed by atoms with Gasteiger partial charge in [-0.15, -0.1) is 11.3 Å². The second-order valence-electron chi connectivity index (χ2n) is 3.58.